The van der Waals surface area contributed by atoms with E-state index in [-0.39, 0.29) is 51.2 Å². The molecule has 0 amide bonds. The van der Waals surface area contributed by atoms with Crippen molar-refractivity contribution in [1.82, 2.24) is 57.9 Å². The van der Waals surface area contributed by atoms with E-state index in [9.17, 15) is 28.8 Å². The first-order valence-electron chi connectivity index (χ1n) is 32.5. The summed E-state index contributed by atoms with van der Waals surface area (Å²) < 4.78 is 23.1. The molecule has 0 saturated heterocycles. The second-order valence-corrected chi connectivity index (χ2v) is 26.1. The number of hydrogen-bond acceptors (Lipinski definition) is 24. The van der Waals surface area contributed by atoms with E-state index < -0.39 is 34.1 Å². The first-order valence-corrected chi connectivity index (χ1v) is 36.8. The molecule has 0 fully saturated rings. The summed E-state index contributed by atoms with van der Waals surface area (Å²) in [5.74, 6) is 2.98. The highest BCUT2D eigenvalue weighted by atomic mass is 79.9. The molecule has 10 rings (SSSR count). The molecule has 1 aliphatic rings. The predicted octanol–water partition coefficient (Wildman–Crippen LogP) is 6.53. The summed E-state index contributed by atoms with van der Waals surface area (Å²) in [6, 6.07) is 36.9. The van der Waals surface area contributed by atoms with Gasteiger partial charge in [0.05, 0.1) is 97.3 Å². The Kier molecular flexibility index (Phi) is 36.6. The lowest BCUT2D eigenvalue weighted by Gasteiger charge is -2.19. The van der Waals surface area contributed by atoms with E-state index in [1.54, 1.807) is 87.2 Å². The lowest BCUT2D eigenvalue weighted by atomic mass is 10.2. The number of thioether (sulfide) groups is 1. The van der Waals surface area contributed by atoms with Crippen molar-refractivity contribution in [3.8, 4) is 22.2 Å². The summed E-state index contributed by atoms with van der Waals surface area (Å²) in [6.07, 6.45) is 1.77. The average Bonchev–Trinajstić information content (AvgIpc) is 0.886. The molecule has 4 heterocycles. The third kappa shape index (κ3) is 26.3. The molecule has 29 nitrogen and oxygen atoms in total. The van der Waals surface area contributed by atoms with Gasteiger partial charge in [-0.2, -0.15) is 20.2 Å². The number of halogens is 7. The number of methoxy groups -OCH3 is 3. The maximum Gasteiger partial charge on any atom is 0.355 e. The van der Waals surface area contributed by atoms with Crippen molar-refractivity contribution in [1.29, 1.82) is 5.26 Å². The molecule has 0 radical (unpaired) electrons. The largest absolute Gasteiger partial charge is 0.497 e. The predicted molar refractivity (Wildman–Crippen MR) is 426 cm³/mol. The number of anilines is 2. The van der Waals surface area contributed by atoms with E-state index in [2.05, 4.69) is 57.1 Å². The monoisotopic (exact) mass is 1650 g/mol. The van der Waals surface area contributed by atoms with Gasteiger partial charge >= 0.3 is 34.1 Å². The van der Waals surface area contributed by atoms with Gasteiger partial charge in [-0.15, -0.1) is 0 Å². The highest BCUT2D eigenvalue weighted by Crippen LogP contribution is 2.26. The van der Waals surface area contributed by atoms with Crippen molar-refractivity contribution in [3.63, 3.8) is 0 Å². The van der Waals surface area contributed by atoms with Gasteiger partial charge in [0.25, 0.3) is 0 Å². The van der Waals surface area contributed by atoms with Crippen LogP contribution in [-0.2, 0) is 39.3 Å². The zero-order valence-corrected chi connectivity index (χ0v) is 65.2. The van der Waals surface area contributed by atoms with E-state index in [0.29, 0.717) is 128 Å². The second-order valence-electron chi connectivity index (χ2n) is 22.5. The van der Waals surface area contributed by atoms with Gasteiger partial charge in [0.2, 0.25) is 11.9 Å². The van der Waals surface area contributed by atoms with Crippen molar-refractivity contribution in [2.45, 2.75) is 44.4 Å². The lowest BCUT2D eigenvalue weighted by molar-refractivity contribution is 0.414. The average molecular weight is 1660 g/mol. The molecule has 106 heavy (non-hydrogen) atoms. The van der Waals surface area contributed by atoms with Crippen LogP contribution in [0.15, 0.2) is 166 Å². The molecular formula is C69H81BrCl6N20O9S. The van der Waals surface area contributed by atoms with Crippen molar-refractivity contribution >= 4 is 115 Å². The highest BCUT2D eigenvalue weighted by molar-refractivity contribution is 9.12. The Bertz CT molecular complexity index is 4790. The fourth-order valence-electron chi connectivity index (χ4n) is 9.87. The first kappa shape index (κ1) is 86.2. The third-order valence-electron chi connectivity index (χ3n) is 15.3. The topological polar surface area (TPSA) is 390 Å². The maximum atomic E-state index is 13.5. The van der Waals surface area contributed by atoms with Gasteiger partial charge in [-0.1, -0.05) is 136 Å². The summed E-state index contributed by atoms with van der Waals surface area (Å²) in [7, 11) is 4.76. The molecule has 1 aliphatic heterocycles. The molecule has 0 aliphatic carbocycles. The molecule has 37 heteroatoms. The number of rotatable bonds is 30. The van der Waals surface area contributed by atoms with Crippen molar-refractivity contribution in [2.24, 2.45) is 27.9 Å². The van der Waals surface area contributed by atoms with E-state index in [4.69, 9.17) is 112 Å². The molecule has 3 aromatic heterocycles. The number of aromatic nitrogens is 9. The number of nitrogens with two attached hydrogens (primary N) is 4. The molecule has 0 atom stereocenters. The minimum absolute atomic E-state index is 0.00518. The quantitative estimate of drug-likeness (QED) is 0.0175. The van der Waals surface area contributed by atoms with Gasteiger partial charge in [-0.05, 0) is 112 Å². The number of guanidine groups is 1. The standard InChI is InChI=1S/C23H25Cl2N7O3.C22H26Cl2N6O3.C19H17Cl2N3O3S.C4H13N3.CBrN/c1-35-17-5-2-15(3-6-17)13-31-21(28-9-11-30-10-8-27-20(30)26)29-22(33)32(23(31)34)14-16-4-7-18(24)19(25)12-16;1-33-17-5-2-15(3-6-17)13-29-20(27-11-10-26-9-8-25)28-21(31)30(22(29)32)14-16-4-7-18(23)19(24)12-16;1-27-14-6-3-12(4-7-14)10-24-18(28-2)22-17(25)23(19(24)26)11-13-5-8-15(20)16(21)9-13;5-1-3-7-4-2-6;2-1-3/h2-7,12H,8-11,13-14H2,1H3,(H2,26,27)(H,28,29,33);2-7,12,26H,8-11,13-14,25H2,1H3,(H,27,28,31);3-9H,10-11H2,1-2H3;7H,1-6H2;. The molecule has 0 spiro atoms. The van der Waals surface area contributed by atoms with Crippen LogP contribution in [-0.4, -0.2) is 159 Å². The highest BCUT2D eigenvalue weighted by Gasteiger charge is 2.20. The number of nitrogens with one attached hydrogen (secondary N) is 4. The Hall–Kier alpha value is -8.72. The number of nitriles is 1. The van der Waals surface area contributed by atoms with E-state index in [0.717, 1.165) is 55.8 Å². The molecule has 0 saturated carbocycles. The van der Waals surface area contributed by atoms with Crippen LogP contribution in [0.25, 0.3) is 0 Å². The summed E-state index contributed by atoms with van der Waals surface area (Å²) >= 11 is 39.8. The first-order chi connectivity index (χ1) is 51.0. The smallest absolute Gasteiger partial charge is 0.355 e. The van der Waals surface area contributed by atoms with Crippen molar-refractivity contribution in [3.05, 3.63) is 254 Å². The summed E-state index contributed by atoms with van der Waals surface area (Å²) in [4.78, 5) is 97.9. The van der Waals surface area contributed by atoms with Gasteiger partial charge in [0.15, 0.2) is 11.1 Å². The van der Waals surface area contributed by atoms with Crippen LogP contribution in [0.1, 0.15) is 33.4 Å². The van der Waals surface area contributed by atoms with Crippen LogP contribution in [0, 0.1) is 10.2 Å². The number of benzene rings is 6. The third-order valence-corrected chi connectivity index (χ3v) is 18.1. The fourth-order valence-corrected chi connectivity index (χ4v) is 11.4. The normalized spacial score (nSPS) is 11.3. The Morgan fingerprint density at radius 1 is 0.462 bits per heavy atom. The molecular weight excluding hydrogens is 1580 g/mol. The van der Waals surface area contributed by atoms with Crippen LogP contribution in [0.2, 0.25) is 30.1 Å². The van der Waals surface area contributed by atoms with Crippen LogP contribution in [0.3, 0.4) is 0 Å². The van der Waals surface area contributed by atoms with Crippen molar-refractivity contribution < 1.29 is 14.2 Å². The Morgan fingerprint density at radius 2 is 0.783 bits per heavy atom. The molecule has 0 bridgehead atoms. The SMILES string of the molecule is COc1ccc(Cn2c(NCCN3CCN=C3N)nc(=O)n(Cc3ccc(Cl)c(Cl)c3)c2=O)cc1.COc1ccc(Cn2c(NCCNCCN)nc(=O)n(Cc3ccc(Cl)c(Cl)c3)c2=O)cc1.COc1ccc(Cn2c(SC)nc(=O)n(Cc3ccc(Cl)c(Cl)c3)c2=O)cc1.N#CBr.NCCNCCN. The number of aliphatic imine (C=N–C) groups is 1. The fraction of sp³-hybridized carbons (Fsp3) is 0.319. The van der Waals surface area contributed by atoms with E-state index in [1.807, 2.05) is 77.7 Å². The Morgan fingerprint density at radius 3 is 1.11 bits per heavy atom. The van der Waals surface area contributed by atoms with Gasteiger partial charge < -0.3 is 63.3 Å². The minimum Gasteiger partial charge on any atom is -0.497 e. The van der Waals surface area contributed by atoms with Gasteiger partial charge in [0.1, 0.15) is 22.2 Å². The number of hydrogen-bond donors (Lipinski definition) is 8. The minimum atomic E-state index is -0.670. The van der Waals surface area contributed by atoms with E-state index >= 15 is 0 Å². The number of nitrogens with zero attached hydrogens (tertiary/aromatic N) is 12. The van der Waals surface area contributed by atoms with Crippen LogP contribution in [0.4, 0.5) is 11.9 Å². The van der Waals surface area contributed by atoms with Crippen molar-refractivity contribution in [2.75, 3.05) is 117 Å². The molecule has 566 valence electrons. The van der Waals surface area contributed by atoms with Gasteiger partial charge in [-0.25, -0.2) is 42.5 Å². The van der Waals surface area contributed by atoms with E-state index in [1.165, 1.54) is 25.5 Å². The summed E-state index contributed by atoms with van der Waals surface area (Å²) in [5, 5.41) is 22.2. The summed E-state index contributed by atoms with van der Waals surface area (Å²) in [5.41, 5.74) is 22.9. The zero-order chi connectivity index (χ0) is 77.2. The Labute approximate surface area is 653 Å². The van der Waals surface area contributed by atoms with Gasteiger partial charge in [0, 0.05) is 87.9 Å². The lowest BCUT2D eigenvalue weighted by Crippen LogP contribution is -2.44. The maximum absolute atomic E-state index is 13.5. The molecule has 12 N–H and O–H groups in total. The molecule has 0 unspecified atom stereocenters. The zero-order valence-electron chi connectivity index (χ0n) is 58.3. The van der Waals surface area contributed by atoms with Crippen LogP contribution in [0.5, 0.6) is 17.2 Å². The molecule has 9 aromatic rings. The van der Waals surface area contributed by atoms with Crippen LogP contribution < -0.4 is 92.6 Å². The second kappa shape index (κ2) is 45.1. The van der Waals surface area contributed by atoms with Crippen LogP contribution >= 0.6 is 97.3 Å². The molecule has 6 aromatic carbocycles. The summed E-state index contributed by atoms with van der Waals surface area (Å²) in [6.45, 7) is 8.51. The Balaban J connectivity index is 0.000000235. The number of ether oxygens (including phenoxy) is 3. The van der Waals surface area contributed by atoms with Gasteiger partial charge in [-0.3, -0.25) is 18.7 Å².